The molecule has 1 saturated heterocycles. The first-order valence-corrected chi connectivity index (χ1v) is 8.69. The molecular formula is C19H31NO2. The Bertz CT molecular complexity index is 439. The zero-order valence-corrected chi connectivity index (χ0v) is 14.5. The van der Waals surface area contributed by atoms with Gasteiger partial charge in [0.15, 0.2) is 0 Å². The zero-order valence-electron chi connectivity index (χ0n) is 14.5. The van der Waals surface area contributed by atoms with E-state index in [1.54, 1.807) is 0 Å². The molecule has 3 atom stereocenters. The molecule has 0 bridgehead atoms. The van der Waals surface area contributed by atoms with Gasteiger partial charge in [-0.05, 0) is 44.2 Å². The van der Waals surface area contributed by atoms with Gasteiger partial charge in [-0.1, -0.05) is 32.0 Å². The molecule has 1 fully saturated rings. The maximum atomic E-state index is 6.05. The summed E-state index contributed by atoms with van der Waals surface area (Å²) in [5.41, 5.74) is 1.33. The van der Waals surface area contributed by atoms with E-state index < -0.39 is 0 Å². The van der Waals surface area contributed by atoms with Crippen LogP contribution in [0.3, 0.4) is 0 Å². The van der Waals surface area contributed by atoms with Crippen molar-refractivity contribution in [1.29, 1.82) is 0 Å². The first-order valence-electron chi connectivity index (χ1n) is 8.69. The van der Waals surface area contributed by atoms with Gasteiger partial charge in [-0.2, -0.15) is 0 Å². The highest BCUT2D eigenvalue weighted by Gasteiger charge is 2.21. The van der Waals surface area contributed by atoms with Crippen LogP contribution in [0.1, 0.15) is 52.0 Å². The van der Waals surface area contributed by atoms with Gasteiger partial charge in [0.1, 0.15) is 5.75 Å². The van der Waals surface area contributed by atoms with Crippen molar-refractivity contribution in [3.05, 3.63) is 29.8 Å². The molecule has 3 heteroatoms. The van der Waals surface area contributed by atoms with E-state index in [4.69, 9.17) is 9.47 Å². The topological polar surface area (TPSA) is 21.7 Å². The molecule has 1 aliphatic rings. The van der Waals surface area contributed by atoms with E-state index in [1.165, 1.54) is 5.56 Å². The molecular weight excluding hydrogens is 274 g/mol. The summed E-state index contributed by atoms with van der Waals surface area (Å²) < 4.78 is 11.8. The Morgan fingerprint density at radius 1 is 1.23 bits per heavy atom. The molecule has 1 heterocycles. The minimum absolute atomic E-state index is 0.343. The Morgan fingerprint density at radius 3 is 2.59 bits per heavy atom. The lowest BCUT2D eigenvalue weighted by Crippen LogP contribution is -2.45. The van der Waals surface area contributed by atoms with E-state index in [2.05, 4.69) is 56.9 Å². The first-order chi connectivity index (χ1) is 10.6. The van der Waals surface area contributed by atoms with Crippen LogP contribution in [0, 0.1) is 0 Å². The minimum Gasteiger partial charge on any atom is -0.493 e. The van der Waals surface area contributed by atoms with Crippen LogP contribution in [0.15, 0.2) is 24.3 Å². The van der Waals surface area contributed by atoms with Crippen molar-refractivity contribution in [3.8, 4) is 5.75 Å². The third-order valence-corrected chi connectivity index (χ3v) is 4.43. The fraction of sp³-hybridized carbons (Fsp3) is 0.684. The maximum absolute atomic E-state index is 6.05. The number of hydrogen-bond donors (Lipinski definition) is 0. The number of hydrogen-bond acceptors (Lipinski definition) is 3. The summed E-state index contributed by atoms with van der Waals surface area (Å²) >= 11 is 0. The lowest BCUT2D eigenvalue weighted by atomic mass is 9.98. The van der Waals surface area contributed by atoms with Crippen molar-refractivity contribution < 1.29 is 9.47 Å². The Balaban J connectivity index is 1.77. The molecule has 0 amide bonds. The van der Waals surface area contributed by atoms with Crippen molar-refractivity contribution >= 4 is 0 Å². The fourth-order valence-corrected chi connectivity index (χ4v) is 3.18. The van der Waals surface area contributed by atoms with Crippen molar-refractivity contribution in [1.82, 2.24) is 4.90 Å². The van der Waals surface area contributed by atoms with Crippen LogP contribution in [0.5, 0.6) is 5.75 Å². The Hall–Kier alpha value is -1.06. The molecule has 124 valence electrons. The van der Waals surface area contributed by atoms with E-state index in [9.17, 15) is 0 Å². The van der Waals surface area contributed by atoms with E-state index in [0.717, 1.165) is 44.8 Å². The summed E-state index contributed by atoms with van der Waals surface area (Å²) in [5.74, 6) is 1.61. The summed E-state index contributed by atoms with van der Waals surface area (Å²) in [6, 6.07) is 8.45. The largest absolute Gasteiger partial charge is 0.493 e. The summed E-state index contributed by atoms with van der Waals surface area (Å²) in [5, 5.41) is 0. The van der Waals surface area contributed by atoms with Crippen molar-refractivity contribution in [2.45, 2.75) is 58.7 Å². The van der Waals surface area contributed by atoms with Crippen molar-refractivity contribution in [2.24, 2.45) is 0 Å². The molecule has 1 aliphatic heterocycles. The standard InChI is InChI=1S/C19H31NO2/c1-5-15(2)18-9-6-7-10-19(18)21-12-8-11-20-13-16(3)22-17(4)14-20/h6-7,9-10,15-17H,5,8,11-14H2,1-4H3. The van der Waals surface area contributed by atoms with Crippen LogP contribution in [0.2, 0.25) is 0 Å². The number of nitrogens with zero attached hydrogens (tertiary/aromatic N) is 1. The van der Waals surface area contributed by atoms with Gasteiger partial charge in [-0.25, -0.2) is 0 Å². The van der Waals surface area contributed by atoms with Crippen LogP contribution in [0.25, 0.3) is 0 Å². The summed E-state index contributed by atoms with van der Waals surface area (Å²) in [6.07, 6.45) is 2.89. The average molecular weight is 305 g/mol. The predicted molar refractivity (Wildman–Crippen MR) is 91.7 cm³/mol. The second kappa shape index (κ2) is 8.54. The number of para-hydroxylation sites is 1. The molecule has 3 unspecified atom stereocenters. The molecule has 2 rings (SSSR count). The van der Waals surface area contributed by atoms with Gasteiger partial charge in [0.05, 0.1) is 18.8 Å². The first kappa shape index (κ1) is 17.3. The lowest BCUT2D eigenvalue weighted by molar-refractivity contribution is -0.0686. The molecule has 0 radical (unpaired) electrons. The van der Waals surface area contributed by atoms with E-state index in [1.807, 2.05) is 0 Å². The van der Waals surface area contributed by atoms with Gasteiger partial charge in [0, 0.05) is 19.6 Å². The van der Waals surface area contributed by atoms with Crippen molar-refractivity contribution in [3.63, 3.8) is 0 Å². The molecule has 0 aromatic heterocycles. The normalized spacial score (nSPS) is 24.2. The third-order valence-electron chi connectivity index (χ3n) is 4.43. The zero-order chi connectivity index (χ0) is 15.9. The Kier molecular flexibility index (Phi) is 6.71. The third kappa shape index (κ3) is 4.99. The van der Waals surface area contributed by atoms with Gasteiger partial charge in [-0.3, -0.25) is 4.90 Å². The number of rotatable bonds is 7. The molecule has 22 heavy (non-hydrogen) atoms. The number of benzene rings is 1. The quantitative estimate of drug-likeness (QED) is 0.709. The SMILES string of the molecule is CCC(C)c1ccccc1OCCCN1CC(C)OC(C)C1. The lowest BCUT2D eigenvalue weighted by Gasteiger charge is -2.35. The van der Waals surface area contributed by atoms with E-state index in [0.29, 0.717) is 18.1 Å². The molecule has 0 spiro atoms. The second-order valence-corrected chi connectivity index (χ2v) is 6.57. The average Bonchev–Trinajstić information content (AvgIpc) is 2.50. The van der Waals surface area contributed by atoms with Gasteiger partial charge < -0.3 is 9.47 Å². The van der Waals surface area contributed by atoms with Crippen LogP contribution in [-0.2, 0) is 4.74 Å². The van der Waals surface area contributed by atoms with Gasteiger partial charge >= 0.3 is 0 Å². The van der Waals surface area contributed by atoms with Crippen LogP contribution < -0.4 is 4.74 Å². The Morgan fingerprint density at radius 2 is 1.91 bits per heavy atom. The second-order valence-electron chi connectivity index (χ2n) is 6.57. The molecule has 0 saturated carbocycles. The fourth-order valence-electron chi connectivity index (χ4n) is 3.18. The van der Waals surface area contributed by atoms with Crippen LogP contribution in [0.4, 0.5) is 0 Å². The van der Waals surface area contributed by atoms with Crippen LogP contribution >= 0.6 is 0 Å². The van der Waals surface area contributed by atoms with E-state index >= 15 is 0 Å². The summed E-state index contributed by atoms with van der Waals surface area (Å²) in [7, 11) is 0. The monoisotopic (exact) mass is 305 g/mol. The maximum Gasteiger partial charge on any atom is 0.122 e. The molecule has 0 N–H and O–H groups in total. The summed E-state index contributed by atoms with van der Waals surface area (Å²) in [4.78, 5) is 2.49. The smallest absolute Gasteiger partial charge is 0.122 e. The number of ether oxygens (including phenoxy) is 2. The van der Waals surface area contributed by atoms with Gasteiger partial charge in [0.2, 0.25) is 0 Å². The molecule has 0 aliphatic carbocycles. The number of morpholine rings is 1. The molecule has 1 aromatic carbocycles. The predicted octanol–water partition coefficient (Wildman–Crippen LogP) is 4.08. The summed E-state index contributed by atoms with van der Waals surface area (Å²) in [6.45, 7) is 12.7. The van der Waals surface area contributed by atoms with Crippen molar-refractivity contribution in [2.75, 3.05) is 26.2 Å². The Labute approximate surface area is 135 Å². The highest BCUT2D eigenvalue weighted by molar-refractivity contribution is 5.35. The highest BCUT2D eigenvalue weighted by Crippen LogP contribution is 2.28. The highest BCUT2D eigenvalue weighted by atomic mass is 16.5. The van der Waals surface area contributed by atoms with E-state index in [-0.39, 0.29) is 0 Å². The van der Waals surface area contributed by atoms with Crippen LogP contribution in [-0.4, -0.2) is 43.3 Å². The van der Waals surface area contributed by atoms with Gasteiger partial charge in [0.25, 0.3) is 0 Å². The minimum atomic E-state index is 0.343. The molecule has 1 aromatic rings. The molecule has 3 nitrogen and oxygen atoms in total. The van der Waals surface area contributed by atoms with Gasteiger partial charge in [-0.15, -0.1) is 0 Å².